The maximum absolute atomic E-state index is 14.2. The summed E-state index contributed by atoms with van der Waals surface area (Å²) < 4.78 is 12.3. The molecule has 3 aliphatic heterocycles. The van der Waals surface area contributed by atoms with Crippen molar-refractivity contribution in [3.63, 3.8) is 0 Å². The molecule has 0 unspecified atom stereocenters. The van der Waals surface area contributed by atoms with E-state index in [2.05, 4.69) is 47.0 Å². The molecule has 2 aromatic rings. The van der Waals surface area contributed by atoms with E-state index < -0.39 is 17.6 Å². The number of carbonyl (C=O) groups excluding carboxylic acids is 2. The zero-order chi connectivity index (χ0) is 45.7. The van der Waals surface area contributed by atoms with Crippen LogP contribution in [-0.2, 0) is 33.7 Å². The molecular weight excluding hydrogens is 857 g/mol. The summed E-state index contributed by atoms with van der Waals surface area (Å²) >= 11 is 0. The van der Waals surface area contributed by atoms with E-state index in [9.17, 15) is 19.8 Å². The number of nitrogens with one attached hydrogen (secondary N) is 2. The van der Waals surface area contributed by atoms with Gasteiger partial charge in [0.1, 0.15) is 6.10 Å². The molecule has 7 rings (SSSR count). The molecule has 1 amide bonds. The van der Waals surface area contributed by atoms with Gasteiger partial charge in [-0.05, 0) is 125 Å². The number of rotatable bonds is 8. The van der Waals surface area contributed by atoms with Crippen LogP contribution in [0.4, 0.5) is 0 Å². The number of phenolic OH excluding ortho intramolecular Hbond substituents is 1. The smallest absolute Gasteiger partial charge is 0.302 e. The summed E-state index contributed by atoms with van der Waals surface area (Å²) in [6.07, 6.45) is 20.2. The molecule has 1 saturated heterocycles. The monoisotopic (exact) mass is 931 g/mol. The standard InChI is InChI=1S/C51H74N6O6S2/c1-36(58)62-44-20-19-39-27-41(48(61)45(28-39)63-43-15-7-8-16-43)33-57-35-50(32-47(57)60,31-40-21-25-54-46(52)29-40)24-26-55-49(53)56-51(22-9-10-23-51)65-64-34-38(13-5-6-14-42(59)30-44)18-17-37-11-3-2-4-12-37/h2-4,11-12,21,27-29,38,42-44,54,59,61H,5-10,13-20,22-26,30-35,52H2,1H3,(H3,53,55,56)/t38-,42-,44+,50+/m0/s1. The summed E-state index contributed by atoms with van der Waals surface area (Å²) in [5.74, 6) is 2.76. The largest absolute Gasteiger partial charge is 0.504 e. The zero-order valence-electron chi connectivity index (χ0n) is 38.6. The number of aliphatic imine (C=N–C) groups is 1. The van der Waals surface area contributed by atoms with Gasteiger partial charge in [-0.25, -0.2) is 0 Å². The Hall–Kier alpha value is -4.01. The highest BCUT2D eigenvalue weighted by Crippen LogP contribution is 2.47. The third-order valence-corrected chi connectivity index (χ3v) is 17.4. The number of phenols is 1. The third kappa shape index (κ3) is 14.7. The number of aryl methyl sites for hydroxylation is 2. The van der Waals surface area contributed by atoms with Crippen LogP contribution in [0.15, 0.2) is 71.0 Å². The van der Waals surface area contributed by atoms with Crippen LogP contribution >= 0.6 is 21.6 Å². The highest BCUT2D eigenvalue weighted by atomic mass is 33.1. The summed E-state index contributed by atoms with van der Waals surface area (Å²) in [5.41, 5.74) is 16.6. The van der Waals surface area contributed by atoms with Crippen molar-refractivity contribution in [2.75, 3.05) is 25.4 Å². The Morgan fingerprint density at radius 3 is 2.52 bits per heavy atom. The second-order valence-corrected chi connectivity index (χ2v) is 22.3. The second kappa shape index (κ2) is 23.6. The molecule has 2 saturated carbocycles. The average Bonchev–Trinajstić information content (AvgIpc) is 4.03. The summed E-state index contributed by atoms with van der Waals surface area (Å²) in [6.45, 7) is 3.24. The van der Waals surface area contributed by atoms with Crippen molar-refractivity contribution in [2.24, 2.45) is 27.8 Å². The van der Waals surface area contributed by atoms with E-state index in [1.165, 1.54) is 12.5 Å². The number of esters is 1. The summed E-state index contributed by atoms with van der Waals surface area (Å²) in [7, 11) is 3.86. The Balaban J connectivity index is 1.15. The van der Waals surface area contributed by atoms with Crippen LogP contribution in [0.25, 0.3) is 0 Å². The van der Waals surface area contributed by atoms with Crippen LogP contribution in [-0.4, -0.2) is 81.5 Å². The fourth-order valence-electron chi connectivity index (χ4n) is 10.6. The molecule has 2 aromatic carbocycles. The Morgan fingerprint density at radius 1 is 0.985 bits per heavy atom. The molecular formula is C51H74N6O6S2. The number of aromatic hydroxyl groups is 1. The van der Waals surface area contributed by atoms with Gasteiger partial charge in [0.15, 0.2) is 17.5 Å². The van der Waals surface area contributed by atoms with Gasteiger partial charge in [0, 0.05) is 62.7 Å². The van der Waals surface area contributed by atoms with Crippen molar-refractivity contribution in [1.29, 1.82) is 0 Å². The van der Waals surface area contributed by atoms with Gasteiger partial charge in [-0.2, -0.15) is 0 Å². The minimum Gasteiger partial charge on any atom is -0.504 e. The number of fused-ring (bicyclic) bond motifs is 4. The number of hydrogen-bond donors (Lipinski definition) is 6. The Morgan fingerprint density at radius 2 is 1.75 bits per heavy atom. The van der Waals surface area contributed by atoms with E-state index in [1.54, 1.807) is 0 Å². The van der Waals surface area contributed by atoms with Gasteiger partial charge in [-0.15, -0.1) is 0 Å². The van der Waals surface area contributed by atoms with Crippen LogP contribution in [0.5, 0.6) is 11.5 Å². The number of nitrogens with two attached hydrogens (primary N) is 2. The maximum atomic E-state index is 14.2. The number of dihydropyridines is 1. The summed E-state index contributed by atoms with van der Waals surface area (Å²) in [6, 6.07) is 14.6. The second-order valence-electron chi connectivity index (χ2n) is 19.5. The van der Waals surface area contributed by atoms with Crippen molar-refractivity contribution in [3.05, 3.63) is 82.7 Å². The molecule has 4 bridgehead atoms. The number of guanidine groups is 1. The van der Waals surface area contributed by atoms with E-state index in [-0.39, 0.29) is 35.1 Å². The summed E-state index contributed by atoms with van der Waals surface area (Å²) in [4.78, 5) is 33.1. The van der Waals surface area contributed by atoms with Gasteiger partial charge < -0.3 is 46.7 Å². The number of hydrogen-bond acceptors (Lipinski definition) is 13. The molecule has 1 spiro atoms. The minimum absolute atomic E-state index is 0.0179. The Labute approximate surface area is 395 Å². The predicted molar refractivity (Wildman–Crippen MR) is 263 cm³/mol. The highest BCUT2D eigenvalue weighted by Gasteiger charge is 2.44. The lowest BCUT2D eigenvalue weighted by atomic mass is 9.77. The lowest BCUT2D eigenvalue weighted by Crippen LogP contribution is -2.47. The number of nitrogens with zero attached hydrogens (tertiary/aromatic N) is 2. The normalized spacial score (nSPS) is 26.7. The van der Waals surface area contributed by atoms with Crippen molar-refractivity contribution >= 4 is 39.4 Å². The lowest BCUT2D eigenvalue weighted by Gasteiger charge is -2.31. The molecule has 0 aromatic heterocycles. The molecule has 8 N–H and O–H groups in total. The molecule has 2 aliphatic carbocycles. The van der Waals surface area contributed by atoms with E-state index >= 15 is 0 Å². The Bertz CT molecular complexity index is 1990. The minimum atomic E-state index is -0.600. The van der Waals surface area contributed by atoms with Crippen LogP contribution in [0.1, 0.15) is 139 Å². The van der Waals surface area contributed by atoms with E-state index in [4.69, 9.17) is 25.9 Å². The number of allylic oxidation sites excluding steroid dienone is 2. The number of aliphatic hydroxyl groups is 1. The molecule has 356 valence electrons. The van der Waals surface area contributed by atoms with Gasteiger partial charge in [-0.3, -0.25) is 14.6 Å². The molecule has 3 fully saturated rings. The molecule has 65 heavy (non-hydrogen) atoms. The fraction of sp³-hybridized carbons (Fsp3) is 0.627. The SMILES string of the molecule is CC(=O)O[C@@H]1CCc2cc(c(O)c(OC3CCCC3)c2)CN2C[C@@](CC3=CCNC(N)=C3)(CCN=C(N)NC3(CCCC3)SSC[C@H](CCc3ccccc3)CCCC[C@H](O)C1)CC2=O. The number of carbonyl (C=O) groups is 2. The van der Waals surface area contributed by atoms with Gasteiger partial charge in [-0.1, -0.05) is 89.7 Å². The molecule has 3 heterocycles. The summed E-state index contributed by atoms with van der Waals surface area (Å²) in [5, 5.41) is 30.0. The Kier molecular flexibility index (Phi) is 17.8. The highest BCUT2D eigenvalue weighted by molar-refractivity contribution is 8.77. The van der Waals surface area contributed by atoms with Crippen LogP contribution in [0.3, 0.4) is 0 Å². The number of ether oxygens (including phenoxy) is 2. The first-order valence-electron chi connectivity index (χ1n) is 24.4. The first-order valence-corrected chi connectivity index (χ1v) is 26.7. The van der Waals surface area contributed by atoms with Crippen LogP contribution < -0.4 is 26.8 Å². The van der Waals surface area contributed by atoms with Crippen molar-refractivity contribution in [3.8, 4) is 11.5 Å². The van der Waals surface area contributed by atoms with Gasteiger partial charge in [0.2, 0.25) is 5.91 Å². The number of benzene rings is 2. The first-order chi connectivity index (χ1) is 31.4. The molecule has 14 heteroatoms. The van der Waals surface area contributed by atoms with E-state index in [0.717, 1.165) is 100 Å². The first kappa shape index (κ1) is 48.9. The number of aliphatic hydroxyl groups excluding tert-OH is 1. The zero-order valence-corrected chi connectivity index (χ0v) is 40.2. The predicted octanol–water partition coefficient (Wildman–Crippen LogP) is 8.54. The van der Waals surface area contributed by atoms with Crippen molar-refractivity contribution in [2.45, 2.75) is 165 Å². The van der Waals surface area contributed by atoms with Crippen LogP contribution in [0, 0.1) is 11.3 Å². The molecule has 4 atom stereocenters. The average molecular weight is 931 g/mol. The number of amides is 1. The van der Waals surface area contributed by atoms with E-state index in [1.807, 2.05) is 44.7 Å². The van der Waals surface area contributed by atoms with Crippen LogP contribution in [0.2, 0.25) is 0 Å². The molecule has 12 nitrogen and oxygen atoms in total. The fourth-order valence-corrected chi connectivity index (χ4v) is 14.1. The quantitative estimate of drug-likeness (QED) is 0.110. The topological polar surface area (TPSA) is 185 Å². The maximum Gasteiger partial charge on any atom is 0.302 e. The third-order valence-electron chi connectivity index (χ3n) is 14.1. The molecule has 5 aliphatic rings. The van der Waals surface area contributed by atoms with Gasteiger partial charge in [0.05, 0.1) is 22.9 Å². The van der Waals surface area contributed by atoms with Crippen molar-refractivity contribution in [1.82, 2.24) is 15.5 Å². The van der Waals surface area contributed by atoms with Crippen molar-refractivity contribution < 1.29 is 29.3 Å². The van der Waals surface area contributed by atoms with E-state index in [0.29, 0.717) is 93.6 Å². The van der Waals surface area contributed by atoms with Gasteiger partial charge in [0.25, 0.3) is 0 Å². The molecule has 0 radical (unpaired) electrons. The lowest BCUT2D eigenvalue weighted by molar-refractivity contribution is -0.148. The van der Waals surface area contributed by atoms with Gasteiger partial charge >= 0.3 is 5.97 Å².